The van der Waals surface area contributed by atoms with Crippen LogP contribution in [0.15, 0.2) is 30.5 Å². The molecule has 2 rings (SSSR count). The maximum atomic E-state index is 12.2. The lowest BCUT2D eigenvalue weighted by Crippen LogP contribution is -2.55. The number of hydrogen-bond acceptors (Lipinski definition) is 3. The largest absolute Gasteiger partial charge is 0.479 e. The van der Waals surface area contributed by atoms with Crippen LogP contribution in [-0.4, -0.2) is 41.2 Å². The van der Waals surface area contributed by atoms with E-state index in [1.807, 2.05) is 6.07 Å². The number of aromatic amines is 1. The van der Waals surface area contributed by atoms with E-state index in [4.69, 9.17) is 4.74 Å². The third-order valence-corrected chi connectivity index (χ3v) is 3.11. The molecule has 0 bridgehead atoms. The van der Waals surface area contributed by atoms with Crippen molar-refractivity contribution in [1.82, 2.24) is 10.3 Å². The van der Waals surface area contributed by atoms with Gasteiger partial charge in [0.05, 0.1) is 6.61 Å². The number of aliphatic carboxylic acids is 1. The summed E-state index contributed by atoms with van der Waals surface area (Å²) in [4.78, 5) is 26.4. The minimum Gasteiger partial charge on any atom is -0.479 e. The summed E-state index contributed by atoms with van der Waals surface area (Å²) in [7, 11) is 1.39. The maximum Gasteiger partial charge on any atom is 0.331 e. The number of fused-ring (bicyclic) bond motifs is 1. The molecular weight excluding hydrogens is 260 g/mol. The Morgan fingerprint density at radius 1 is 1.40 bits per heavy atom. The number of rotatable bonds is 5. The van der Waals surface area contributed by atoms with E-state index in [0.717, 1.165) is 10.9 Å². The van der Waals surface area contributed by atoms with Gasteiger partial charge in [-0.2, -0.15) is 0 Å². The van der Waals surface area contributed by atoms with E-state index in [9.17, 15) is 14.7 Å². The Kier molecular flexibility index (Phi) is 3.76. The van der Waals surface area contributed by atoms with Crippen molar-refractivity contribution in [1.29, 1.82) is 0 Å². The molecule has 0 fully saturated rings. The molecule has 0 aliphatic rings. The second kappa shape index (κ2) is 5.34. The second-order valence-corrected chi connectivity index (χ2v) is 4.80. The Morgan fingerprint density at radius 2 is 2.15 bits per heavy atom. The van der Waals surface area contributed by atoms with Crippen LogP contribution >= 0.6 is 0 Å². The fourth-order valence-electron chi connectivity index (χ4n) is 1.96. The van der Waals surface area contributed by atoms with Crippen molar-refractivity contribution in [3.63, 3.8) is 0 Å². The summed E-state index contributed by atoms with van der Waals surface area (Å²) in [5.74, 6) is -1.59. The van der Waals surface area contributed by atoms with Crippen LogP contribution in [-0.2, 0) is 9.53 Å². The number of hydrogen-bond donors (Lipinski definition) is 3. The average Bonchev–Trinajstić information content (AvgIpc) is 2.85. The zero-order valence-corrected chi connectivity index (χ0v) is 11.3. The van der Waals surface area contributed by atoms with E-state index in [1.165, 1.54) is 14.0 Å². The molecule has 0 aliphatic carbocycles. The van der Waals surface area contributed by atoms with Crippen molar-refractivity contribution in [3.05, 3.63) is 36.0 Å². The minimum atomic E-state index is -1.46. The molecule has 20 heavy (non-hydrogen) atoms. The van der Waals surface area contributed by atoms with Gasteiger partial charge in [-0.15, -0.1) is 0 Å². The van der Waals surface area contributed by atoms with Crippen molar-refractivity contribution in [2.24, 2.45) is 0 Å². The molecule has 0 aliphatic heterocycles. The van der Waals surface area contributed by atoms with E-state index >= 15 is 0 Å². The number of benzene rings is 1. The number of methoxy groups -OCH3 is 1. The van der Waals surface area contributed by atoms with Crippen LogP contribution in [0.25, 0.3) is 10.9 Å². The van der Waals surface area contributed by atoms with Gasteiger partial charge in [0.2, 0.25) is 0 Å². The van der Waals surface area contributed by atoms with E-state index in [1.54, 1.807) is 24.4 Å². The number of carbonyl (C=O) groups excluding carboxylic acids is 1. The molecule has 2 aromatic rings. The number of ether oxygens (including phenoxy) is 1. The fraction of sp³-hybridized carbons (Fsp3) is 0.286. The van der Waals surface area contributed by atoms with E-state index < -0.39 is 17.4 Å². The predicted molar refractivity (Wildman–Crippen MR) is 73.7 cm³/mol. The lowest BCUT2D eigenvalue weighted by atomic mass is 10.0. The number of carboxylic acid groups (broad SMARTS) is 1. The number of aromatic nitrogens is 1. The van der Waals surface area contributed by atoms with Crippen molar-refractivity contribution in [2.45, 2.75) is 12.5 Å². The summed E-state index contributed by atoms with van der Waals surface area (Å²) in [5.41, 5.74) is -0.140. The molecule has 1 amide bonds. The Hall–Kier alpha value is -2.34. The number of carboxylic acids is 1. The summed E-state index contributed by atoms with van der Waals surface area (Å²) in [6.45, 7) is 1.30. The SMILES string of the molecule is COCC(C)(NC(=O)c1ccc2[nH]ccc2c1)C(=O)O. The highest BCUT2D eigenvalue weighted by molar-refractivity contribution is 6.00. The van der Waals surface area contributed by atoms with Gasteiger partial charge in [0, 0.05) is 29.8 Å². The molecule has 0 spiro atoms. The van der Waals surface area contributed by atoms with Gasteiger partial charge in [-0.1, -0.05) is 0 Å². The van der Waals surface area contributed by atoms with Crippen molar-refractivity contribution >= 4 is 22.8 Å². The van der Waals surface area contributed by atoms with Crippen molar-refractivity contribution in [3.8, 4) is 0 Å². The van der Waals surface area contributed by atoms with Crippen LogP contribution in [0, 0.1) is 0 Å². The standard InChI is InChI=1S/C14H16N2O4/c1-14(8-20-2,13(18)19)16-12(17)10-3-4-11-9(7-10)5-6-15-11/h3-7,15H,8H2,1-2H3,(H,16,17)(H,18,19). The smallest absolute Gasteiger partial charge is 0.331 e. The molecule has 0 saturated carbocycles. The van der Waals surface area contributed by atoms with Gasteiger partial charge in [0.15, 0.2) is 5.54 Å². The first kappa shape index (κ1) is 14.1. The van der Waals surface area contributed by atoms with Gasteiger partial charge in [0.25, 0.3) is 5.91 Å². The predicted octanol–water partition coefficient (Wildman–Crippen LogP) is 1.39. The molecule has 6 heteroatoms. The molecule has 1 aromatic carbocycles. The molecule has 0 saturated heterocycles. The van der Waals surface area contributed by atoms with E-state index in [0.29, 0.717) is 5.56 Å². The number of H-pyrrole nitrogens is 1. The van der Waals surface area contributed by atoms with Gasteiger partial charge < -0.3 is 20.1 Å². The van der Waals surface area contributed by atoms with Crippen LogP contribution in [0.2, 0.25) is 0 Å². The number of amides is 1. The summed E-state index contributed by atoms with van der Waals surface area (Å²) in [5, 5.41) is 12.6. The zero-order valence-electron chi connectivity index (χ0n) is 11.3. The van der Waals surface area contributed by atoms with E-state index in [2.05, 4.69) is 10.3 Å². The highest BCUT2D eigenvalue weighted by Gasteiger charge is 2.35. The van der Waals surface area contributed by atoms with Crippen LogP contribution in [0.5, 0.6) is 0 Å². The molecule has 3 N–H and O–H groups in total. The Bertz CT molecular complexity index is 649. The quantitative estimate of drug-likeness (QED) is 0.769. The summed E-state index contributed by atoms with van der Waals surface area (Å²) in [6.07, 6.45) is 1.78. The minimum absolute atomic E-state index is 0.111. The monoisotopic (exact) mass is 276 g/mol. The number of carbonyl (C=O) groups is 2. The lowest BCUT2D eigenvalue weighted by Gasteiger charge is -2.25. The normalized spacial score (nSPS) is 13.9. The summed E-state index contributed by atoms with van der Waals surface area (Å²) in [6, 6.07) is 6.97. The number of nitrogens with one attached hydrogen (secondary N) is 2. The summed E-state index contributed by atoms with van der Waals surface area (Å²) < 4.78 is 4.86. The molecular formula is C14H16N2O4. The van der Waals surface area contributed by atoms with Gasteiger partial charge in [0.1, 0.15) is 0 Å². The average molecular weight is 276 g/mol. The molecule has 1 unspecified atom stereocenters. The third kappa shape index (κ3) is 2.65. The van der Waals surface area contributed by atoms with E-state index in [-0.39, 0.29) is 6.61 Å². The molecule has 6 nitrogen and oxygen atoms in total. The van der Waals surface area contributed by atoms with Crippen LogP contribution in [0.4, 0.5) is 0 Å². The highest BCUT2D eigenvalue weighted by Crippen LogP contribution is 2.15. The first-order chi connectivity index (χ1) is 9.46. The first-order valence-corrected chi connectivity index (χ1v) is 6.08. The van der Waals surface area contributed by atoms with Crippen molar-refractivity contribution < 1.29 is 19.4 Å². The van der Waals surface area contributed by atoms with Crippen LogP contribution in [0.3, 0.4) is 0 Å². The highest BCUT2D eigenvalue weighted by atomic mass is 16.5. The summed E-state index contributed by atoms with van der Waals surface area (Å²) >= 11 is 0. The zero-order chi connectivity index (χ0) is 14.8. The van der Waals surface area contributed by atoms with Crippen LogP contribution < -0.4 is 5.32 Å². The molecule has 1 heterocycles. The topological polar surface area (TPSA) is 91.4 Å². The first-order valence-electron chi connectivity index (χ1n) is 6.08. The third-order valence-electron chi connectivity index (χ3n) is 3.11. The van der Waals surface area contributed by atoms with Gasteiger partial charge in [-0.05, 0) is 31.2 Å². The molecule has 1 aromatic heterocycles. The Labute approximate surface area is 115 Å². The second-order valence-electron chi connectivity index (χ2n) is 4.80. The maximum absolute atomic E-state index is 12.2. The Balaban J connectivity index is 2.23. The molecule has 0 radical (unpaired) electrons. The molecule has 106 valence electrons. The van der Waals surface area contributed by atoms with Gasteiger partial charge in [-0.25, -0.2) is 4.79 Å². The van der Waals surface area contributed by atoms with Crippen molar-refractivity contribution in [2.75, 3.05) is 13.7 Å². The van der Waals surface area contributed by atoms with Crippen LogP contribution in [0.1, 0.15) is 17.3 Å². The van der Waals surface area contributed by atoms with Gasteiger partial charge >= 0.3 is 5.97 Å². The fourth-order valence-corrected chi connectivity index (χ4v) is 1.96. The van der Waals surface area contributed by atoms with Gasteiger partial charge in [-0.3, -0.25) is 4.79 Å². The Morgan fingerprint density at radius 3 is 2.80 bits per heavy atom. The molecule has 1 atom stereocenters. The lowest BCUT2D eigenvalue weighted by molar-refractivity contribution is -0.145.